The number of ether oxygens (including phenoxy) is 1. The predicted molar refractivity (Wildman–Crippen MR) is 137 cm³/mol. The van der Waals surface area contributed by atoms with Crippen molar-refractivity contribution in [3.63, 3.8) is 0 Å². The van der Waals surface area contributed by atoms with Crippen molar-refractivity contribution in [2.45, 2.75) is 63.6 Å². The SMILES string of the molecule is CCn1c(SCCC(=O)Nc2sc3c(c2C(=O)OC)CCCCCC3)nc2ccccc2c1=O. The van der Waals surface area contributed by atoms with Crippen LogP contribution in [0.25, 0.3) is 10.9 Å². The van der Waals surface area contributed by atoms with Crippen LogP contribution in [0.1, 0.15) is 59.8 Å². The summed E-state index contributed by atoms with van der Waals surface area (Å²) in [6, 6.07) is 7.29. The van der Waals surface area contributed by atoms with Gasteiger partial charge in [0.05, 0.1) is 23.6 Å². The van der Waals surface area contributed by atoms with Gasteiger partial charge in [-0.2, -0.15) is 0 Å². The number of esters is 1. The molecular formula is C25H29N3O4S2. The largest absolute Gasteiger partial charge is 0.465 e. The number of aryl methyl sites for hydroxylation is 1. The lowest BCUT2D eigenvalue weighted by molar-refractivity contribution is -0.115. The summed E-state index contributed by atoms with van der Waals surface area (Å²) in [4.78, 5) is 43.9. The van der Waals surface area contributed by atoms with Crippen LogP contribution >= 0.6 is 23.1 Å². The van der Waals surface area contributed by atoms with Crippen LogP contribution in [0.2, 0.25) is 0 Å². The van der Waals surface area contributed by atoms with Crippen molar-refractivity contribution >= 4 is 50.9 Å². The Morgan fingerprint density at radius 3 is 2.71 bits per heavy atom. The first-order valence-corrected chi connectivity index (χ1v) is 13.5. The Morgan fingerprint density at radius 2 is 1.94 bits per heavy atom. The maximum absolute atomic E-state index is 12.8. The van der Waals surface area contributed by atoms with Gasteiger partial charge in [-0.3, -0.25) is 14.2 Å². The number of hydrogen-bond acceptors (Lipinski definition) is 7. The summed E-state index contributed by atoms with van der Waals surface area (Å²) >= 11 is 2.89. The summed E-state index contributed by atoms with van der Waals surface area (Å²) in [5.74, 6) is -0.0944. The Labute approximate surface area is 206 Å². The number of nitrogens with zero attached hydrogens (tertiary/aromatic N) is 2. The van der Waals surface area contributed by atoms with Gasteiger partial charge in [0, 0.05) is 23.6 Å². The maximum Gasteiger partial charge on any atom is 0.341 e. The van der Waals surface area contributed by atoms with Crippen molar-refractivity contribution in [2.75, 3.05) is 18.2 Å². The van der Waals surface area contributed by atoms with Gasteiger partial charge in [-0.15, -0.1) is 11.3 Å². The third-order valence-electron chi connectivity index (χ3n) is 6.02. The lowest BCUT2D eigenvalue weighted by Crippen LogP contribution is -2.22. The number of fused-ring (bicyclic) bond motifs is 2. The molecule has 0 saturated heterocycles. The number of thiophene rings is 1. The van der Waals surface area contributed by atoms with E-state index in [1.807, 2.05) is 25.1 Å². The molecule has 0 radical (unpaired) electrons. The quantitative estimate of drug-likeness (QED) is 0.278. The molecule has 1 amide bonds. The summed E-state index contributed by atoms with van der Waals surface area (Å²) < 4.78 is 6.68. The molecule has 0 atom stereocenters. The second-order valence-electron chi connectivity index (χ2n) is 8.22. The summed E-state index contributed by atoms with van der Waals surface area (Å²) in [7, 11) is 1.38. The average molecular weight is 500 g/mol. The van der Waals surface area contributed by atoms with Crippen LogP contribution < -0.4 is 10.9 Å². The Bertz CT molecular complexity index is 1270. The van der Waals surface area contributed by atoms with Crippen molar-refractivity contribution in [3.05, 3.63) is 50.6 Å². The Kier molecular flexibility index (Phi) is 8.05. The predicted octanol–water partition coefficient (Wildman–Crippen LogP) is 5.04. The summed E-state index contributed by atoms with van der Waals surface area (Å²) in [5, 5.41) is 4.74. The topological polar surface area (TPSA) is 90.3 Å². The molecule has 0 fully saturated rings. The molecule has 2 heterocycles. The second-order valence-corrected chi connectivity index (χ2v) is 10.4. The van der Waals surface area contributed by atoms with E-state index in [1.54, 1.807) is 10.6 Å². The van der Waals surface area contributed by atoms with Crippen LogP contribution in [0.5, 0.6) is 0 Å². The van der Waals surface area contributed by atoms with E-state index in [1.165, 1.54) is 41.5 Å². The number of thioether (sulfide) groups is 1. The van der Waals surface area contributed by atoms with Gasteiger partial charge in [-0.25, -0.2) is 9.78 Å². The zero-order chi connectivity index (χ0) is 24.1. The molecule has 1 N–H and O–H groups in total. The first-order valence-electron chi connectivity index (χ1n) is 11.7. The van der Waals surface area contributed by atoms with Crippen molar-refractivity contribution in [3.8, 4) is 0 Å². The second kappa shape index (κ2) is 11.2. The highest BCUT2D eigenvalue weighted by Gasteiger charge is 2.25. The number of methoxy groups -OCH3 is 1. The van der Waals surface area contributed by atoms with Crippen LogP contribution in [0.15, 0.2) is 34.2 Å². The van der Waals surface area contributed by atoms with E-state index in [2.05, 4.69) is 10.3 Å². The van der Waals surface area contributed by atoms with Gasteiger partial charge >= 0.3 is 5.97 Å². The zero-order valence-electron chi connectivity index (χ0n) is 19.5. The molecule has 9 heteroatoms. The highest BCUT2D eigenvalue weighted by molar-refractivity contribution is 7.99. The number of hydrogen-bond donors (Lipinski definition) is 1. The molecule has 1 aromatic carbocycles. The number of para-hydroxylation sites is 1. The lowest BCUT2D eigenvalue weighted by atomic mass is 9.96. The summed E-state index contributed by atoms with van der Waals surface area (Å²) in [6.07, 6.45) is 6.48. The van der Waals surface area contributed by atoms with Gasteiger partial charge in [0.15, 0.2) is 5.16 Å². The standard InChI is InChI=1S/C25H29N3O4S2/c1-3-28-23(30)16-10-8-9-12-18(16)26-25(28)33-15-14-20(29)27-22-21(24(31)32-2)17-11-6-4-5-7-13-19(17)34-22/h8-10,12H,3-7,11,13-15H2,1-2H3,(H,27,29). The normalized spacial score (nSPS) is 13.7. The Hall–Kier alpha value is -2.65. The van der Waals surface area contributed by atoms with Crippen molar-refractivity contribution in [2.24, 2.45) is 0 Å². The van der Waals surface area contributed by atoms with Gasteiger partial charge in [0.2, 0.25) is 5.91 Å². The van der Waals surface area contributed by atoms with Crippen LogP contribution in [0.3, 0.4) is 0 Å². The summed E-state index contributed by atoms with van der Waals surface area (Å²) in [5.41, 5.74) is 2.14. The van der Waals surface area contributed by atoms with E-state index in [0.717, 1.165) is 37.7 Å². The van der Waals surface area contributed by atoms with Crippen molar-refractivity contribution in [1.29, 1.82) is 0 Å². The van der Waals surface area contributed by atoms with Crippen LogP contribution in [-0.4, -0.2) is 34.3 Å². The van der Waals surface area contributed by atoms with Gasteiger partial charge < -0.3 is 10.1 Å². The molecule has 2 aromatic heterocycles. The molecule has 7 nitrogen and oxygen atoms in total. The molecule has 1 aliphatic rings. The molecule has 3 aromatic rings. The van der Waals surface area contributed by atoms with E-state index in [4.69, 9.17) is 4.74 Å². The van der Waals surface area contributed by atoms with E-state index in [9.17, 15) is 14.4 Å². The van der Waals surface area contributed by atoms with Crippen LogP contribution in [0, 0.1) is 0 Å². The third kappa shape index (κ3) is 5.20. The molecule has 0 bridgehead atoms. The lowest BCUT2D eigenvalue weighted by Gasteiger charge is -2.11. The minimum atomic E-state index is -0.393. The number of aromatic nitrogens is 2. The number of nitrogens with one attached hydrogen (secondary N) is 1. The van der Waals surface area contributed by atoms with Gasteiger partial charge in [0.1, 0.15) is 5.00 Å². The summed E-state index contributed by atoms with van der Waals surface area (Å²) in [6.45, 7) is 2.42. The third-order valence-corrected chi connectivity index (χ3v) is 8.20. The number of carbonyl (C=O) groups excluding carboxylic acids is 2. The number of amides is 1. The first-order chi connectivity index (χ1) is 16.5. The smallest absolute Gasteiger partial charge is 0.341 e. The van der Waals surface area contributed by atoms with Gasteiger partial charge in [-0.1, -0.05) is 36.7 Å². The fourth-order valence-electron chi connectivity index (χ4n) is 4.29. The van der Waals surface area contributed by atoms with E-state index in [-0.39, 0.29) is 17.9 Å². The molecule has 0 unspecified atom stereocenters. The van der Waals surface area contributed by atoms with Crippen molar-refractivity contribution < 1.29 is 14.3 Å². The Balaban J connectivity index is 1.47. The highest BCUT2D eigenvalue weighted by Crippen LogP contribution is 2.37. The fraction of sp³-hybridized carbons (Fsp3) is 0.440. The number of benzene rings is 1. The van der Waals surface area contributed by atoms with Crippen LogP contribution in [0.4, 0.5) is 5.00 Å². The van der Waals surface area contributed by atoms with E-state index >= 15 is 0 Å². The molecule has 0 spiro atoms. The van der Waals surface area contributed by atoms with E-state index < -0.39 is 5.97 Å². The van der Waals surface area contributed by atoms with Crippen LogP contribution in [-0.2, 0) is 28.9 Å². The molecular weight excluding hydrogens is 470 g/mol. The minimum absolute atomic E-state index is 0.0706. The molecule has 0 saturated carbocycles. The molecule has 34 heavy (non-hydrogen) atoms. The first kappa shape index (κ1) is 24.5. The fourth-order valence-corrected chi connectivity index (χ4v) is 6.58. The number of anilines is 1. The molecule has 4 rings (SSSR count). The number of rotatable bonds is 7. The Morgan fingerprint density at radius 1 is 1.18 bits per heavy atom. The molecule has 1 aliphatic carbocycles. The highest BCUT2D eigenvalue weighted by atomic mass is 32.2. The molecule has 0 aliphatic heterocycles. The monoisotopic (exact) mass is 499 g/mol. The van der Waals surface area contributed by atoms with Gasteiger partial charge in [-0.05, 0) is 50.3 Å². The van der Waals surface area contributed by atoms with E-state index in [0.29, 0.717) is 38.9 Å². The molecule has 180 valence electrons. The van der Waals surface area contributed by atoms with Gasteiger partial charge in [0.25, 0.3) is 5.56 Å². The van der Waals surface area contributed by atoms with Crippen molar-refractivity contribution in [1.82, 2.24) is 9.55 Å². The maximum atomic E-state index is 12.8. The average Bonchev–Trinajstić information content (AvgIpc) is 3.14. The zero-order valence-corrected chi connectivity index (χ0v) is 21.2. The number of carbonyl (C=O) groups is 2. The minimum Gasteiger partial charge on any atom is -0.465 e.